The molecule has 1 heterocycles. The van der Waals surface area contributed by atoms with Crippen LogP contribution in [0, 0.1) is 6.92 Å². The maximum atomic E-state index is 11.8. The lowest BCUT2D eigenvalue weighted by Crippen LogP contribution is -2.41. The molecule has 27 heavy (non-hydrogen) atoms. The number of aryl methyl sites for hydroxylation is 1. The molecule has 1 atom stereocenters. The number of carbonyl (C=O) groups is 1. The minimum atomic E-state index is -0.492. The normalized spacial score (nSPS) is 19.7. The van der Waals surface area contributed by atoms with E-state index in [2.05, 4.69) is 65.1 Å². The quantitative estimate of drug-likeness (QED) is 0.811. The van der Waals surface area contributed by atoms with Gasteiger partial charge in [-0.1, -0.05) is 30.7 Å². The van der Waals surface area contributed by atoms with Crippen molar-refractivity contribution in [2.45, 2.75) is 85.0 Å². The van der Waals surface area contributed by atoms with Crippen LogP contribution in [0.3, 0.4) is 0 Å². The molecule has 0 spiro atoms. The summed E-state index contributed by atoms with van der Waals surface area (Å²) in [5.41, 5.74) is 2.12. The monoisotopic (exact) mass is 375 g/mol. The third-order valence-corrected chi connectivity index (χ3v) is 5.32. The van der Waals surface area contributed by atoms with E-state index in [9.17, 15) is 4.79 Å². The van der Waals surface area contributed by atoms with E-state index in [-0.39, 0.29) is 30.3 Å². The summed E-state index contributed by atoms with van der Waals surface area (Å²) in [7, 11) is -0.362. The van der Waals surface area contributed by atoms with Gasteiger partial charge in [-0.3, -0.25) is 0 Å². The molecule has 1 aliphatic rings. The SMILES string of the molecule is Cc1cc(C(C)CNC(=O)OC(C)(C)C)ccc1B1OC(C)(C)C(C)(C)O1. The van der Waals surface area contributed by atoms with Crippen molar-refractivity contribution in [3.63, 3.8) is 0 Å². The number of ether oxygens (including phenoxy) is 1. The number of nitrogens with one attached hydrogen (secondary N) is 1. The van der Waals surface area contributed by atoms with Gasteiger partial charge in [-0.05, 0) is 72.3 Å². The summed E-state index contributed by atoms with van der Waals surface area (Å²) in [6.45, 7) is 18.5. The molecule has 0 aliphatic carbocycles. The number of carbonyl (C=O) groups excluding carboxylic acids is 1. The van der Waals surface area contributed by atoms with Crippen LogP contribution in [0.5, 0.6) is 0 Å². The average molecular weight is 375 g/mol. The summed E-state index contributed by atoms with van der Waals surface area (Å²) in [5, 5.41) is 2.84. The van der Waals surface area contributed by atoms with Crippen molar-refractivity contribution in [3.8, 4) is 0 Å². The fraction of sp³-hybridized carbons (Fsp3) is 0.667. The lowest BCUT2D eigenvalue weighted by atomic mass is 9.75. The van der Waals surface area contributed by atoms with Gasteiger partial charge in [-0.25, -0.2) is 4.79 Å². The molecule has 5 nitrogen and oxygen atoms in total. The standard InChI is InChI=1S/C21H34BNO4/c1-14-12-16(15(2)13-23-18(24)25-19(3,4)5)10-11-17(14)22-26-20(6,7)21(8,9)27-22/h10-12,15H,13H2,1-9H3,(H,23,24). The zero-order chi connectivity index (χ0) is 20.6. The van der Waals surface area contributed by atoms with Crippen molar-refractivity contribution in [3.05, 3.63) is 29.3 Å². The van der Waals surface area contributed by atoms with Crippen LogP contribution >= 0.6 is 0 Å². The van der Waals surface area contributed by atoms with Gasteiger partial charge in [0.15, 0.2) is 0 Å². The van der Waals surface area contributed by atoms with Gasteiger partial charge in [0.2, 0.25) is 0 Å². The van der Waals surface area contributed by atoms with E-state index in [0.29, 0.717) is 6.54 Å². The van der Waals surface area contributed by atoms with Gasteiger partial charge < -0.3 is 19.4 Å². The Morgan fingerprint density at radius 2 is 1.74 bits per heavy atom. The first-order valence-corrected chi connectivity index (χ1v) is 9.65. The molecule has 6 heteroatoms. The van der Waals surface area contributed by atoms with Crippen LogP contribution in [0.2, 0.25) is 0 Å². The number of rotatable bonds is 4. The maximum Gasteiger partial charge on any atom is 0.495 e. The third-order valence-electron chi connectivity index (χ3n) is 5.32. The summed E-state index contributed by atoms with van der Waals surface area (Å²) in [5.74, 6) is 0.170. The molecule has 1 amide bonds. The van der Waals surface area contributed by atoms with Gasteiger partial charge in [-0.2, -0.15) is 0 Å². The Balaban J connectivity index is 2.03. The summed E-state index contributed by atoms with van der Waals surface area (Å²) in [6, 6.07) is 6.29. The fourth-order valence-corrected chi connectivity index (χ4v) is 2.91. The van der Waals surface area contributed by atoms with Crippen LogP contribution in [0.25, 0.3) is 0 Å². The maximum absolute atomic E-state index is 11.8. The van der Waals surface area contributed by atoms with Crippen LogP contribution in [0.1, 0.15) is 72.4 Å². The van der Waals surface area contributed by atoms with Gasteiger partial charge >= 0.3 is 13.2 Å². The molecule has 0 radical (unpaired) electrons. The Kier molecular flexibility index (Phi) is 6.03. The second kappa shape index (κ2) is 7.48. The van der Waals surface area contributed by atoms with Gasteiger partial charge in [0, 0.05) is 6.54 Å². The van der Waals surface area contributed by atoms with Gasteiger partial charge in [-0.15, -0.1) is 0 Å². The van der Waals surface area contributed by atoms with Crippen LogP contribution < -0.4 is 10.8 Å². The predicted octanol–water partition coefficient (Wildman–Crippen LogP) is 3.92. The predicted molar refractivity (Wildman–Crippen MR) is 110 cm³/mol. The molecule has 1 saturated heterocycles. The minimum Gasteiger partial charge on any atom is -0.444 e. The molecule has 1 aliphatic heterocycles. The van der Waals surface area contributed by atoms with E-state index in [1.807, 2.05) is 20.8 Å². The van der Waals surface area contributed by atoms with Crippen molar-refractivity contribution in [1.29, 1.82) is 0 Å². The number of benzene rings is 1. The largest absolute Gasteiger partial charge is 0.495 e. The first kappa shape index (κ1) is 21.8. The molecule has 1 fully saturated rings. The van der Waals surface area contributed by atoms with Gasteiger partial charge in [0.1, 0.15) is 5.60 Å². The Labute approximate surface area is 164 Å². The third kappa shape index (κ3) is 5.26. The topological polar surface area (TPSA) is 56.8 Å². The molecule has 0 aromatic heterocycles. The number of amides is 1. The molecule has 1 N–H and O–H groups in total. The Bertz CT molecular complexity index is 678. The first-order chi connectivity index (χ1) is 12.2. The summed E-state index contributed by atoms with van der Waals surface area (Å²) in [4.78, 5) is 11.8. The zero-order valence-electron chi connectivity index (χ0n) is 18.2. The highest BCUT2D eigenvalue weighted by Crippen LogP contribution is 2.36. The number of hydrogen-bond acceptors (Lipinski definition) is 4. The molecule has 1 aromatic carbocycles. The summed E-state index contributed by atoms with van der Waals surface area (Å²) < 4.78 is 17.6. The van der Waals surface area contributed by atoms with Crippen molar-refractivity contribution < 1.29 is 18.8 Å². The van der Waals surface area contributed by atoms with Crippen LogP contribution in [0.15, 0.2) is 18.2 Å². The molecule has 1 aromatic rings. The summed E-state index contributed by atoms with van der Waals surface area (Å²) >= 11 is 0. The highest BCUT2D eigenvalue weighted by atomic mass is 16.7. The van der Waals surface area contributed by atoms with E-state index < -0.39 is 5.60 Å². The van der Waals surface area contributed by atoms with Crippen molar-refractivity contribution in [1.82, 2.24) is 5.32 Å². The molecule has 150 valence electrons. The Morgan fingerprint density at radius 3 is 2.22 bits per heavy atom. The van der Waals surface area contributed by atoms with Crippen LogP contribution in [0.4, 0.5) is 4.79 Å². The Morgan fingerprint density at radius 1 is 1.19 bits per heavy atom. The second-order valence-electron chi connectivity index (χ2n) is 9.49. The zero-order valence-corrected chi connectivity index (χ0v) is 18.2. The van der Waals surface area contributed by atoms with Crippen molar-refractivity contribution in [2.75, 3.05) is 6.54 Å². The molecule has 2 rings (SSSR count). The highest BCUT2D eigenvalue weighted by molar-refractivity contribution is 6.62. The van der Waals surface area contributed by atoms with E-state index in [1.54, 1.807) is 0 Å². The van der Waals surface area contributed by atoms with Crippen molar-refractivity contribution >= 4 is 18.7 Å². The van der Waals surface area contributed by atoms with E-state index in [4.69, 9.17) is 14.0 Å². The Hall–Kier alpha value is -1.53. The molecule has 0 bridgehead atoms. The highest BCUT2D eigenvalue weighted by Gasteiger charge is 2.52. The van der Waals surface area contributed by atoms with Gasteiger partial charge in [0.05, 0.1) is 11.2 Å². The molecular weight excluding hydrogens is 341 g/mol. The molecule has 1 unspecified atom stereocenters. The van der Waals surface area contributed by atoms with Crippen LogP contribution in [-0.2, 0) is 14.0 Å². The smallest absolute Gasteiger partial charge is 0.444 e. The van der Waals surface area contributed by atoms with Crippen molar-refractivity contribution in [2.24, 2.45) is 0 Å². The molecular formula is C21H34BNO4. The van der Waals surface area contributed by atoms with Crippen LogP contribution in [-0.4, -0.2) is 36.6 Å². The van der Waals surface area contributed by atoms with Gasteiger partial charge in [0.25, 0.3) is 0 Å². The van der Waals surface area contributed by atoms with E-state index in [1.165, 1.54) is 0 Å². The number of alkyl carbamates (subject to hydrolysis) is 1. The first-order valence-electron chi connectivity index (χ1n) is 9.65. The minimum absolute atomic E-state index is 0.170. The lowest BCUT2D eigenvalue weighted by molar-refractivity contribution is 0.00578. The average Bonchev–Trinajstić information content (AvgIpc) is 2.71. The van der Waals surface area contributed by atoms with E-state index >= 15 is 0 Å². The molecule has 0 saturated carbocycles. The summed E-state index contributed by atoms with van der Waals surface area (Å²) in [6.07, 6.45) is -0.389. The second-order valence-corrected chi connectivity index (χ2v) is 9.49. The van der Waals surface area contributed by atoms with E-state index in [0.717, 1.165) is 16.6 Å². The number of hydrogen-bond donors (Lipinski definition) is 1. The fourth-order valence-electron chi connectivity index (χ4n) is 2.91. The lowest BCUT2D eigenvalue weighted by Gasteiger charge is -2.32.